The molecule has 2 aromatic rings. The Hall–Kier alpha value is -2.61. The minimum atomic E-state index is -2.84. The summed E-state index contributed by atoms with van der Waals surface area (Å²) in [5, 5.41) is 2.84. The number of hydrogen-bond acceptors (Lipinski definition) is 6. The van der Waals surface area contributed by atoms with Crippen LogP contribution in [0.1, 0.15) is 62.2 Å². The van der Waals surface area contributed by atoms with E-state index in [9.17, 15) is 9.00 Å². The van der Waals surface area contributed by atoms with E-state index in [1.807, 2.05) is 19.1 Å². The van der Waals surface area contributed by atoms with Gasteiger partial charge in [-0.15, -0.1) is 0 Å². The topological polar surface area (TPSA) is 95.4 Å². The van der Waals surface area contributed by atoms with Gasteiger partial charge in [0.25, 0.3) is 5.91 Å². The standard InChI is InChI=1S/C25H32N4O3S/c1-2-16-32-23-5-3-4-22(27-23)28-24(30)20-9-8-19(33(26,31)18-6-7-18)17-21(20)29-14-12-25(10-11-25)13-15-29/h3-5,8-9,17-18,26H,2,6-7,10-16H2,1H3,(H,27,28,30)/t33-/m0/s1. The molecule has 1 saturated heterocycles. The van der Waals surface area contributed by atoms with Gasteiger partial charge < -0.3 is 15.0 Å². The van der Waals surface area contributed by atoms with Crippen molar-refractivity contribution in [2.24, 2.45) is 5.41 Å². The molecule has 2 aliphatic carbocycles. The van der Waals surface area contributed by atoms with Crippen molar-refractivity contribution in [1.29, 1.82) is 4.78 Å². The average molecular weight is 469 g/mol. The summed E-state index contributed by atoms with van der Waals surface area (Å²) in [6.45, 7) is 4.36. The van der Waals surface area contributed by atoms with Crippen molar-refractivity contribution < 1.29 is 13.7 Å². The van der Waals surface area contributed by atoms with Crippen LogP contribution in [0.25, 0.3) is 0 Å². The quantitative estimate of drug-likeness (QED) is 0.564. The normalized spacial score (nSPS) is 20.8. The molecule has 2 saturated carbocycles. The fraction of sp³-hybridized carbons (Fsp3) is 0.520. The Kier molecular flexibility index (Phi) is 5.80. The maximum atomic E-state index is 13.3. The molecule has 0 radical (unpaired) electrons. The molecule has 1 amide bonds. The number of nitrogens with one attached hydrogen (secondary N) is 2. The van der Waals surface area contributed by atoms with Crippen LogP contribution in [0, 0.1) is 10.2 Å². The van der Waals surface area contributed by atoms with E-state index < -0.39 is 9.73 Å². The van der Waals surface area contributed by atoms with E-state index in [4.69, 9.17) is 9.52 Å². The summed E-state index contributed by atoms with van der Waals surface area (Å²) < 4.78 is 27.2. The Morgan fingerprint density at radius 2 is 1.97 bits per heavy atom. The third-order valence-corrected chi connectivity index (χ3v) is 9.46. The number of rotatable bonds is 8. The number of carbonyl (C=O) groups excluding carboxylic acids is 1. The molecule has 3 fully saturated rings. The van der Waals surface area contributed by atoms with Crippen molar-refractivity contribution in [1.82, 2.24) is 4.98 Å². The molecule has 1 atom stereocenters. The first-order valence-corrected chi connectivity index (χ1v) is 13.6. The van der Waals surface area contributed by atoms with Crippen LogP contribution in [-0.2, 0) is 9.73 Å². The van der Waals surface area contributed by atoms with Crippen molar-refractivity contribution >= 4 is 27.1 Å². The predicted molar refractivity (Wildman–Crippen MR) is 130 cm³/mol. The highest BCUT2D eigenvalue weighted by Crippen LogP contribution is 2.54. The summed E-state index contributed by atoms with van der Waals surface area (Å²) in [5.41, 5.74) is 1.81. The van der Waals surface area contributed by atoms with Crippen LogP contribution in [0.3, 0.4) is 0 Å². The number of pyridine rings is 1. The Morgan fingerprint density at radius 1 is 1.21 bits per heavy atom. The summed E-state index contributed by atoms with van der Waals surface area (Å²) in [6.07, 6.45) is 7.41. The summed E-state index contributed by atoms with van der Waals surface area (Å²) in [7, 11) is -2.84. The van der Waals surface area contributed by atoms with Crippen LogP contribution in [0.4, 0.5) is 11.5 Å². The third kappa shape index (κ3) is 4.71. The SMILES string of the molecule is CCCOc1cccc(NC(=O)c2ccc([S@@](=N)(=O)C3CC3)cc2N2CCC3(CC2)CC3)n1. The first kappa shape index (κ1) is 22.2. The maximum Gasteiger partial charge on any atom is 0.258 e. The van der Waals surface area contributed by atoms with Gasteiger partial charge in [-0.2, -0.15) is 4.98 Å². The number of amides is 1. The highest BCUT2D eigenvalue weighted by atomic mass is 32.2. The van der Waals surface area contributed by atoms with E-state index >= 15 is 0 Å². The number of ether oxygens (including phenoxy) is 1. The van der Waals surface area contributed by atoms with Crippen molar-refractivity contribution in [3.63, 3.8) is 0 Å². The lowest BCUT2D eigenvalue weighted by Crippen LogP contribution is -2.36. The molecule has 1 aromatic heterocycles. The molecule has 8 heteroatoms. The summed E-state index contributed by atoms with van der Waals surface area (Å²) in [6, 6.07) is 10.6. The van der Waals surface area contributed by atoms with Crippen molar-refractivity contribution in [2.75, 3.05) is 29.9 Å². The number of nitrogens with zero attached hydrogens (tertiary/aromatic N) is 2. The molecule has 5 rings (SSSR count). The van der Waals surface area contributed by atoms with Gasteiger partial charge in [0.05, 0.1) is 27.6 Å². The van der Waals surface area contributed by atoms with Crippen molar-refractivity contribution in [2.45, 2.75) is 62.0 Å². The molecular weight excluding hydrogens is 436 g/mol. The number of anilines is 2. The van der Waals surface area contributed by atoms with Crippen LogP contribution < -0.4 is 15.0 Å². The first-order chi connectivity index (χ1) is 15.9. The Balaban J connectivity index is 1.42. The van der Waals surface area contributed by atoms with Crippen LogP contribution in [0.15, 0.2) is 41.3 Å². The second-order valence-corrected chi connectivity index (χ2v) is 12.0. The number of piperidine rings is 1. The second kappa shape index (κ2) is 8.63. The van der Waals surface area contributed by atoms with Crippen LogP contribution in [-0.4, -0.2) is 40.0 Å². The Morgan fingerprint density at radius 3 is 2.64 bits per heavy atom. The zero-order valence-corrected chi connectivity index (χ0v) is 20.0. The lowest BCUT2D eigenvalue weighted by Gasteiger charge is -2.35. The van der Waals surface area contributed by atoms with Gasteiger partial charge in [0.1, 0.15) is 5.82 Å². The zero-order valence-electron chi connectivity index (χ0n) is 19.1. The van der Waals surface area contributed by atoms with Crippen molar-refractivity contribution in [3.8, 4) is 5.88 Å². The molecule has 7 nitrogen and oxygen atoms in total. The molecule has 0 unspecified atom stereocenters. The molecule has 176 valence electrons. The molecule has 1 aliphatic heterocycles. The van der Waals surface area contributed by atoms with Crippen LogP contribution >= 0.6 is 0 Å². The monoisotopic (exact) mass is 468 g/mol. The van der Waals surface area contributed by atoms with Gasteiger partial charge in [-0.3, -0.25) is 4.79 Å². The zero-order chi connectivity index (χ0) is 23.1. The fourth-order valence-corrected chi connectivity index (χ4v) is 6.34. The van der Waals surface area contributed by atoms with Gasteiger partial charge >= 0.3 is 0 Å². The van der Waals surface area contributed by atoms with Crippen LogP contribution in [0.5, 0.6) is 5.88 Å². The number of carbonyl (C=O) groups is 1. The summed E-state index contributed by atoms with van der Waals surface area (Å²) >= 11 is 0. The Labute approximate surface area is 195 Å². The predicted octanol–water partition coefficient (Wildman–Crippen LogP) is 5.07. The fourth-order valence-electron chi connectivity index (χ4n) is 4.60. The highest BCUT2D eigenvalue weighted by molar-refractivity contribution is 7.93. The van der Waals surface area contributed by atoms with E-state index in [1.54, 1.807) is 24.3 Å². The van der Waals surface area contributed by atoms with Gasteiger partial charge in [-0.1, -0.05) is 13.0 Å². The van der Waals surface area contributed by atoms with Gasteiger partial charge in [0.2, 0.25) is 5.88 Å². The summed E-state index contributed by atoms with van der Waals surface area (Å²) in [5.74, 6) is 0.655. The summed E-state index contributed by atoms with van der Waals surface area (Å²) in [4.78, 5) is 20.5. The highest BCUT2D eigenvalue weighted by Gasteiger charge is 2.45. The van der Waals surface area contributed by atoms with E-state index in [1.165, 1.54) is 12.8 Å². The second-order valence-electron chi connectivity index (χ2n) is 9.63. The van der Waals surface area contributed by atoms with Crippen molar-refractivity contribution in [3.05, 3.63) is 42.0 Å². The molecule has 2 heterocycles. The molecule has 1 spiro atoms. The molecule has 2 N–H and O–H groups in total. The molecule has 33 heavy (non-hydrogen) atoms. The Bertz CT molecular complexity index is 1150. The lowest BCUT2D eigenvalue weighted by atomic mass is 9.93. The van der Waals surface area contributed by atoms with Gasteiger partial charge in [0, 0.05) is 29.3 Å². The molecular formula is C25H32N4O3S. The molecule has 1 aromatic carbocycles. The first-order valence-electron chi connectivity index (χ1n) is 12.0. The van der Waals surface area contributed by atoms with Crippen LogP contribution in [0.2, 0.25) is 0 Å². The van der Waals surface area contributed by atoms with Gasteiger partial charge in [0.15, 0.2) is 0 Å². The third-order valence-electron chi connectivity index (χ3n) is 7.10. The van der Waals surface area contributed by atoms with E-state index in [-0.39, 0.29) is 11.2 Å². The number of aromatic nitrogens is 1. The molecule has 3 aliphatic rings. The van der Waals surface area contributed by atoms with E-state index in [0.29, 0.717) is 34.2 Å². The minimum absolute atomic E-state index is 0.0591. The minimum Gasteiger partial charge on any atom is -0.478 e. The van der Waals surface area contributed by atoms with Gasteiger partial charge in [-0.25, -0.2) is 8.99 Å². The largest absolute Gasteiger partial charge is 0.478 e. The van der Waals surface area contributed by atoms with E-state index in [2.05, 4.69) is 15.2 Å². The van der Waals surface area contributed by atoms with Gasteiger partial charge in [-0.05, 0) is 74.6 Å². The number of hydrogen-bond donors (Lipinski definition) is 2. The maximum absolute atomic E-state index is 13.3. The van der Waals surface area contributed by atoms with E-state index in [0.717, 1.165) is 50.9 Å². The number of benzene rings is 1. The molecule has 0 bridgehead atoms. The average Bonchev–Trinajstić information content (AvgIpc) is 3.74. The lowest BCUT2D eigenvalue weighted by molar-refractivity contribution is 0.102. The smallest absolute Gasteiger partial charge is 0.258 e.